The Labute approximate surface area is 80.3 Å². The fourth-order valence-corrected chi connectivity index (χ4v) is 1.67. The zero-order valence-corrected chi connectivity index (χ0v) is 8.55. The fraction of sp³-hybridized carbons (Fsp3) is 0.900. The first-order chi connectivity index (χ1) is 6.24. The molecule has 2 unspecified atom stereocenters. The van der Waals surface area contributed by atoms with E-state index in [-0.39, 0.29) is 5.92 Å². The molecule has 13 heavy (non-hydrogen) atoms. The van der Waals surface area contributed by atoms with Crippen molar-refractivity contribution in [2.75, 3.05) is 19.6 Å². The molecule has 0 aromatic carbocycles. The van der Waals surface area contributed by atoms with Gasteiger partial charge < -0.3 is 15.4 Å². The van der Waals surface area contributed by atoms with Gasteiger partial charge >= 0.3 is 0 Å². The topological polar surface area (TPSA) is 41.1 Å². The molecule has 0 saturated carbocycles. The summed E-state index contributed by atoms with van der Waals surface area (Å²) in [5, 5.41) is 6.68. The number of carbonyl (C=O) groups is 1. The average Bonchev–Trinajstić information content (AvgIpc) is 2.15. The van der Waals surface area contributed by atoms with E-state index in [2.05, 4.69) is 24.5 Å². The minimum atomic E-state index is 0.160. The van der Waals surface area contributed by atoms with Gasteiger partial charge in [0.05, 0.1) is 0 Å². The second-order valence-electron chi connectivity index (χ2n) is 4.20. The van der Waals surface area contributed by atoms with E-state index >= 15 is 0 Å². The maximum absolute atomic E-state index is 10.7. The van der Waals surface area contributed by atoms with Gasteiger partial charge in [-0.05, 0) is 25.4 Å². The molecule has 3 heteroatoms. The maximum atomic E-state index is 10.7. The molecule has 2 N–H and O–H groups in total. The van der Waals surface area contributed by atoms with E-state index in [1.54, 1.807) is 0 Å². The predicted octanol–water partition coefficient (Wildman–Crippen LogP) is 0.409. The van der Waals surface area contributed by atoms with Gasteiger partial charge in [0.15, 0.2) is 0 Å². The number of aldehydes is 1. The van der Waals surface area contributed by atoms with E-state index in [0.29, 0.717) is 12.0 Å². The standard InChI is InChI=1S/C10H20N2O/c1-8(2)5-12-10-3-4-11-6-9(10)7-13/h7-12H,3-6H2,1-2H3. The van der Waals surface area contributed by atoms with E-state index < -0.39 is 0 Å². The minimum Gasteiger partial charge on any atom is -0.316 e. The van der Waals surface area contributed by atoms with Crippen LogP contribution in [0.1, 0.15) is 20.3 Å². The van der Waals surface area contributed by atoms with Gasteiger partial charge in [-0.25, -0.2) is 0 Å². The number of hydrogen-bond donors (Lipinski definition) is 2. The van der Waals surface area contributed by atoms with Crippen LogP contribution in [0.5, 0.6) is 0 Å². The minimum absolute atomic E-state index is 0.160. The third kappa shape index (κ3) is 3.44. The fourth-order valence-electron chi connectivity index (χ4n) is 1.67. The van der Waals surface area contributed by atoms with Crippen LogP contribution in [0.3, 0.4) is 0 Å². The lowest BCUT2D eigenvalue weighted by Crippen LogP contribution is -2.49. The molecular weight excluding hydrogens is 164 g/mol. The Balaban J connectivity index is 2.31. The average molecular weight is 184 g/mol. The normalized spacial score (nSPS) is 29.2. The van der Waals surface area contributed by atoms with Gasteiger partial charge in [0.25, 0.3) is 0 Å². The Hall–Kier alpha value is -0.410. The van der Waals surface area contributed by atoms with Crippen molar-refractivity contribution < 1.29 is 4.79 Å². The molecule has 1 aliphatic rings. The zero-order valence-electron chi connectivity index (χ0n) is 8.55. The van der Waals surface area contributed by atoms with Crippen LogP contribution in [0.2, 0.25) is 0 Å². The molecule has 0 aromatic heterocycles. The molecule has 2 atom stereocenters. The summed E-state index contributed by atoms with van der Waals surface area (Å²) in [4.78, 5) is 10.7. The smallest absolute Gasteiger partial charge is 0.125 e. The highest BCUT2D eigenvalue weighted by Gasteiger charge is 2.23. The second-order valence-corrected chi connectivity index (χ2v) is 4.20. The molecule has 1 fully saturated rings. The van der Waals surface area contributed by atoms with E-state index in [1.807, 2.05) is 0 Å². The molecule has 1 aliphatic heterocycles. The first-order valence-electron chi connectivity index (χ1n) is 5.13. The zero-order chi connectivity index (χ0) is 9.68. The number of rotatable bonds is 4. The third-order valence-electron chi connectivity index (χ3n) is 2.49. The van der Waals surface area contributed by atoms with Gasteiger partial charge in [0.1, 0.15) is 6.29 Å². The summed E-state index contributed by atoms with van der Waals surface area (Å²) in [5.74, 6) is 0.815. The Morgan fingerprint density at radius 2 is 2.38 bits per heavy atom. The van der Waals surface area contributed by atoms with Gasteiger partial charge in [-0.15, -0.1) is 0 Å². The lowest BCUT2D eigenvalue weighted by molar-refractivity contribution is -0.112. The summed E-state index contributed by atoms with van der Waals surface area (Å²) >= 11 is 0. The van der Waals surface area contributed by atoms with E-state index in [9.17, 15) is 4.79 Å². The van der Waals surface area contributed by atoms with Crippen molar-refractivity contribution in [3.63, 3.8) is 0 Å². The van der Waals surface area contributed by atoms with Gasteiger partial charge in [0, 0.05) is 18.5 Å². The maximum Gasteiger partial charge on any atom is 0.125 e. The molecular formula is C10H20N2O. The van der Waals surface area contributed by atoms with Gasteiger partial charge in [0.2, 0.25) is 0 Å². The first kappa shape index (κ1) is 10.7. The lowest BCUT2D eigenvalue weighted by Gasteiger charge is -2.29. The van der Waals surface area contributed by atoms with Crippen molar-refractivity contribution in [1.82, 2.24) is 10.6 Å². The van der Waals surface area contributed by atoms with Crippen LogP contribution >= 0.6 is 0 Å². The Bertz CT molecular complexity index is 159. The Morgan fingerprint density at radius 1 is 1.62 bits per heavy atom. The molecule has 1 heterocycles. The molecule has 0 aliphatic carbocycles. The van der Waals surface area contributed by atoms with Crippen molar-refractivity contribution in [1.29, 1.82) is 0 Å². The molecule has 0 amide bonds. The van der Waals surface area contributed by atoms with E-state index in [1.165, 1.54) is 0 Å². The summed E-state index contributed by atoms with van der Waals surface area (Å²) in [6.07, 6.45) is 2.14. The van der Waals surface area contributed by atoms with Crippen molar-refractivity contribution in [2.24, 2.45) is 11.8 Å². The molecule has 0 spiro atoms. The monoisotopic (exact) mass is 184 g/mol. The highest BCUT2D eigenvalue weighted by molar-refractivity contribution is 5.55. The molecule has 76 valence electrons. The van der Waals surface area contributed by atoms with Crippen molar-refractivity contribution >= 4 is 6.29 Å². The van der Waals surface area contributed by atoms with Crippen LogP contribution in [-0.4, -0.2) is 32.0 Å². The summed E-state index contributed by atoms with van der Waals surface area (Å²) in [5.41, 5.74) is 0. The summed E-state index contributed by atoms with van der Waals surface area (Å²) in [7, 11) is 0. The summed E-state index contributed by atoms with van der Waals surface area (Å²) in [6, 6.07) is 0.390. The van der Waals surface area contributed by atoms with Crippen LogP contribution in [0.4, 0.5) is 0 Å². The van der Waals surface area contributed by atoms with E-state index in [4.69, 9.17) is 0 Å². The summed E-state index contributed by atoms with van der Waals surface area (Å²) < 4.78 is 0. The van der Waals surface area contributed by atoms with Gasteiger partial charge in [-0.3, -0.25) is 0 Å². The number of nitrogens with one attached hydrogen (secondary N) is 2. The van der Waals surface area contributed by atoms with E-state index in [0.717, 1.165) is 32.3 Å². The first-order valence-corrected chi connectivity index (χ1v) is 5.13. The highest BCUT2D eigenvalue weighted by atomic mass is 16.1. The molecule has 0 radical (unpaired) electrons. The third-order valence-corrected chi connectivity index (χ3v) is 2.49. The van der Waals surface area contributed by atoms with Crippen molar-refractivity contribution in [3.05, 3.63) is 0 Å². The Morgan fingerprint density at radius 3 is 3.00 bits per heavy atom. The van der Waals surface area contributed by atoms with Crippen molar-refractivity contribution in [2.45, 2.75) is 26.3 Å². The number of hydrogen-bond acceptors (Lipinski definition) is 3. The van der Waals surface area contributed by atoms with Crippen LogP contribution in [0, 0.1) is 11.8 Å². The number of carbonyl (C=O) groups excluding carboxylic acids is 1. The SMILES string of the molecule is CC(C)CNC1CCNCC1C=O. The molecule has 0 aromatic rings. The summed E-state index contributed by atoms with van der Waals surface area (Å²) in [6.45, 7) is 7.24. The van der Waals surface area contributed by atoms with Crippen LogP contribution in [0.15, 0.2) is 0 Å². The predicted molar refractivity (Wildman–Crippen MR) is 53.7 cm³/mol. The number of piperidine rings is 1. The highest BCUT2D eigenvalue weighted by Crippen LogP contribution is 2.09. The second kappa shape index (κ2) is 5.35. The van der Waals surface area contributed by atoms with Crippen LogP contribution in [0.25, 0.3) is 0 Å². The van der Waals surface area contributed by atoms with Crippen LogP contribution in [-0.2, 0) is 4.79 Å². The quantitative estimate of drug-likeness (QED) is 0.622. The van der Waals surface area contributed by atoms with Crippen molar-refractivity contribution in [3.8, 4) is 0 Å². The Kier molecular flexibility index (Phi) is 4.39. The lowest BCUT2D eigenvalue weighted by atomic mass is 9.94. The molecule has 1 saturated heterocycles. The molecule has 1 rings (SSSR count). The molecule has 0 bridgehead atoms. The van der Waals surface area contributed by atoms with Crippen LogP contribution < -0.4 is 10.6 Å². The van der Waals surface area contributed by atoms with Gasteiger partial charge in [-0.2, -0.15) is 0 Å². The largest absolute Gasteiger partial charge is 0.316 e. The molecule has 3 nitrogen and oxygen atoms in total. The van der Waals surface area contributed by atoms with Gasteiger partial charge in [-0.1, -0.05) is 13.8 Å².